The number of carbonyl (C=O) groups is 1. The highest BCUT2D eigenvalue weighted by atomic mass is 79.9. The normalized spacial score (nSPS) is 18.9. The quantitative estimate of drug-likeness (QED) is 0.763. The van der Waals surface area contributed by atoms with Crippen molar-refractivity contribution in [1.82, 2.24) is 9.88 Å². The van der Waals surface area contributed by atoms with Crippen LogP contribution >= 0.6 is 15.9 Å². The monoisotopic (exact) mass is 372 g/mol. The van der Waals surface area contributed by atoms with Crippen LogP contribution in [0.1, 0.15) is 20.8 Å². The van der Waals surface area contributed by atoms with Crippen LogP contribution in [0, 0.1) is 0 Å². The average molecular weight is 373 g/mol. The van der Waals surface area contributed by atoms with E-state index in [1.54, 1.807) is 17.2 Å². The molecule has 1 amide bonds. The largest absolute Gasteiger partial charge is 0.488 e. The third kappa shape index (κ3) is 5.14. The van der Waals surface area contributed by atoms with E-state index in [0.717, 1.165) is 0 Å². The van der Waals surface area contributed by atoms with E-state index in [1.165, 1.54) is 0 Å². The van der Waals surface area contributed by atoms with Crippen LogP contribution in [0.2, 0.25) is 0 Å². The van der Waals surface area contributed by atoms with Gasteiger partial charge < -0.3 is 19.1 Å². The fourth-order valence-electron chi connectivity index (χ4n) is 1.97. The molecular weight excluding hydrogens is 352 g/mol. The van der Waals surface area contributed by atoms with Crippen LogP contribution in [-0.2, 0) is 9.47 Å². The molecule has 122 valence electrons. The van der Waals surface area contributed by atoms with E-state index in [4.69, 9.17) is 14.2 Å². The number of morpholine rings is 1. The maximum absolute atomic E-state index is 12.1. The molecule has 0 saturated carbocycles. The fourth-order valence-corrected chi connectivity index (χ4v) is 2.34. The lowest BCUT2D eigenvalue weighted by Crippen LogP contribution is -2.49. The van der Waals surface area contributed by atoms with Crippen molar-refractivity contribution in [3.8, 4) is 5.75 Å². The van der Waals surface area contributed by atoms with E-state index in [1.807, 2.05) is 26.8 Å². The van der Waals surface area contributed by atoms with Gasteiger partial charge in [-0.15, -0.1) is 0 Å². The molecule has 1 aromatic heterocycles. The molecule has 1 aliphatic rings. The lowest BCUT2D eigenvalue weighted by molar-refractivity contribution is -0.0558. The van der Waals surface area contributed by atoms with Crippen molar-refractivity contribution < 1.29 is 19.0 Å². The van der Waals surface area contributed by atoms with Crippen molar-refractivity contribution in [3.05, 3.63) is 22.9 Å². The number of hydrogen-bond donors (Lipinski definition) is 0. The molecule has 2 rings (SSSR count). The van der Waals surface area contributed by atoms with Crippen LogP contribution in [0.4, 0.5) is 4.79 Å². The molecule has 0 bridgehead atoms. The summed E-state index contributed by atoms with van der Waals surface area (Å²) in [7, 11) is 0. The number of amides is 1. The molecule has 0 radical (unpaired) electrons. The van der Waals surface area contributed by atoms with Gasteiger partial charge in [0, 0.05) is 12.7 Å². The highest BCUT2D eigenvalue weighted by molar-refractivity contribution is 9.10. The molecule has 22 heavy (non-hydrogen) atoms. The highest BCUT2D eigenvalue weighted by Crippen LogP contribution is 2.22. The molecule has 0 aliphatic carbocycles. The Morgan fingerprint density at radius 3 is 3.00 bits per heavy atom. The van der Waals surface area contributed by atoms with Crippen LogP contribution in [0.15, 0.2) is 22.9 Å². The van der Waals surface area contributed by atoms with Crippen molar-refractivity contribution in [3.63, 3.8) is 0 Å². The molecule has 0 aromatic carbocycles. The number of aromatic nitrogens is 1. The van der Waals surface area contributed by atoms with E-state index in [-0.39, 0.29) is 12.2 Å². The summed E-state index contributed by atoms with van der Waals surface area (Å²) < 4.78 is 17.4. The van der Waals surface area contributed by atoms with Gasteiger partial charge in [0.15, 0.2) is 5.75 Å². The molecule has 1 aromatic rings. The molecule has 0 N–H and O–H groups in total. The Bertz CT molecular complexity index is 519. The summed E-state index contributed by atoms with van der Waals surface area (Å²) in [5, 5.41) is 0. The lowest BCUT2D eigenvalue weighted by atomic mass is 10.2. The van der Waals surface area contributed by atoms with Gasteiger partial charge in [-0.2, -0.15) is 0 Å². The molecule has 0 unspecified atom stereocenters. The van der Waals surface area contributed by atoms with Crippen molar-refractivity contribution in [2.75, 3.05) is 26.3 Å². The predicted molar refractivity (Wildman–Crippen MR) is 85.0 cm³/mol. The Labute approximate surface area is 138 Å². The second-order valence-electron chi connectivity index (χ2n) is 6.02. The molecule has 2 heterocycles. The standard InChI is InChI=1S/C15H21BrN2O4/c1-15(2,3)22-14(19)18-7-8-20-11(9-18)10-21-12-5-4-6-17-13(12)16/h4-6,11H,7-10H2,1-3H3/t11-/m0/s1. The van der Waals surface area contributed by atoms with Gasteiger partial charge in [0.2, 0.25) is 0 Å². The molecule has 1 atom stereocenters. The first-order valence-corrected chi connectivity index (χ1v) is 7.97. The number of pyridine rings is 1. The third-order valence-corrected chi connectivity index (χ3v) is 3.54. The van der Waals surface area contributed by atoms with Crippen molar-refractivity contribution in [1.29, 1.82) is 0 Å². The zero-order valence-electron chi connectivity index (χ0n) is 13.0. The number of halogens is 1. The van der Waals surface area contributed by atoms with Crippen molar-refractivity contribution in [2.45, 2.75) is 32.5 Å². The minimum Gasteiger partial charge on any atom is -0.488 e. The summed E-state index contributed by atoms with van der Waals surface area (Å²) in [4.78, 5) is 17.8. The molecule has 6 nitrogen and oxygen atoms in total. The predicted octanol–water partition coefficient (Wildman–Crippen LogP) is 2.86. The second-order valence-corrected chi connectivity index (χ2v) is 6.77. The Balaban J connectivity index is 1.86. The van der Waals surface area contributed by atoms with E-state index < -0.39 is 5.60 Å². The molecular formula is C15H21BrN2O4. The van der Waals surface area contributed by atoms with E-state index in [0.29, 0.717) is 36.7 Å². The summed E-state index contributed by atoms with van der Waals surface area (Å²) in [6.07, 6.45) is 1.18. The number of nitrogens with zero attached hydrogens (tertiary/aromatic N) is 2. The highest BCUT2D eigenvalue weighted by Gasteiger charge is 2.28. The van der Waals surface area contributed by atoms with Gasteiger partial charge >= 0.3 is 6.09 Å². The number of ether oxygens (including phenoxy) is 3. The zero-order chi connectivity index (χ0) is 16.2. The van der Waals surface area contributed by atoms with Gasteiger partial charge in [0.05, 0.1) is 13.2 Å². The average Bonchev–Trinajstić information content (AvgIpc) is 2.45. The van der Waals surface area contributed by atoms with Gasteiger partial charge in [-0.1, -0.05) is 0 Å². The first-order chi connectivity index (χ1) is 10.3. The lowest BCUT2D eigenvalue weighted by Gasteiger charge is -2.34. The minimum absolute atomic E-state index is 0.187. The van der Waals surface area contributed by atoms with E-state index in [2.05, 4.69) is 20.9 Å². The van der Waals surface area contributed by atoms with Crippen LogP contribution < -0.4 is 4.74 Å². The van der Waals surface area contributed by atoms with E-state index >= 15 is 0 Å². The van der Waals surface area contributed by atoms with Gasteiger partial charge in [-0.3, -0.25) is 0 Å². The second kappa shape index (κ2) is 7.28. The Kier molecular flexibility index (Phi) is 5.63. The van der Waals surface area contributed by atoms with Gasteiger partial charge in [0.1, 0.15) is 22.9 Å². The van der Waals surface area contributed by atoms with E-state index in [9.17, 15) is 4.79 Å². The summed E-state index contributed by atoms with van der Waals surface area (Å²) in [5.74, 6) is 0.653. The summed E-state index contributed by atoms with van der Waals surface area (Å²) in [5.41, 5.74) is -0.498. The van der Waals surface area contributed by atoms with Gasteiger partial charge in [-0.25, -0.2) is 9.78 Å². The number of hydrogen-bond acceptors (Lipinski definition) is 5. The topological polar surface area (TPSA) is 60.9 Å². The van der Waals surface area contributed by atoms with Gasteiger partial charge in [-0.05, 0) is 48.8 Å². The molecule has 1 saturated heterocycles. The Morgan fingerprint density at radius 2 is 2.32 bits per heavy atom. The van der Waals surface area contributed by atoms with Gasteiger partial charge in [0.25, 0.3) is 0 Å². The molecule has 0 spiro atoms. The minimum atomic E-state index is -0.498. The zero-order valence-corrected chi connectivity index (χ0v) is 14.6. The first kappa shape index (κ1) is 17.0. The summed E-state index contributed by atoms with van der Waals surface area (Å²) in [6, 6.07) is 3.63. The number of rotatable bonds is 3. The summed E-state index contributed by atoms with van der Waals surface area (Å²) >= 11 is 3.33. The molecule has 1 fully saturated rings. The third-order valence-electron chi connectivity index (χ3n) is 2.94. The molecule has 7 heteroatoms. The molecule has 1 aliphatic heterocycles. The van der Waals surface area contributed by atoms with Crippen molar-refractivity contribution >= 4 is 22.0 Å². The first-order valence-electron chi connectivity index (χ1n) is 7.18. The van der Waals surface area contributed by atoms with Crippen LogP contribution in [0.3, 0.4) is 0 Å². The van der Waals surface area contributed by atoms with Crippen LogP contribution in [0.5, 0.6) is 5.75 Å². The SMILES string of the molecule is CC(C)(C)OC(=O)N1CCO[C@H](COc2cccnc2Br)C1. The van der Waals surface area contributed by atoms with Crippen LogP contribution in [0.25, 0.3) is 0 Å². The number of carbonyl (C=O) groups excluding carboxylic acids is 1. The van der Waals surface area contributed by atoms with Crippen molar-refractivity contribution in [2.24, 2.45) is 0 Å². The Hall–Kier alpha value is -1.34. The smallest absolute Gasteiger partial charge is 0.410 e. The fraction of sp³-hybridized carbons (Fsp3) is 0.600. The Morgan fingerprint density at radius 1 is 1.55 bits per heavy atom. The maximum atomic E-state index is 12.1. The van der Waals surface area contributed by atoms with Crippen LogP contribution in [-0.4, -0.2) is 54.0 Å². The maximum Gasteiger partial charge on any atom is 0.410 e. The summed E-state index contributed by atoms with van der Waals surface area (Å²) in [6.45, 7) is 7.36.